The molecule has 3 fully saturated rings. The molecule has 2 atom stereocenters. The molecule has 2 aliphatic heterocycles. The number of carbonyl (C=O) groups is 1. The van der Waals surface area contributed by atoms with Crippen LogP contribution in [0.1, 0.15) is 66.1 Å². The average molecular weight is 583 g/mol. The van der Waals surface area contributed by atoms with Gasteiger partial charge >= 0.3 is 12.3 Å². The first-order chi connectivity index (χ1) is 20.2. The molecule has 1 aliphatic carbocycles. The molecule has 3 aliphatic rings. The van der Waals surface area contributed by atoms with Crippen molar-refractivity contribution in [3.05, 3.63) is 59.6 Å². The Kier molecular flexibility index (Phi) is 6.41. The van der Waals surface area contributed by atoms with Crippen LogP contribution in [0.2, 0.25) is 0 Å². The Balaban J connectivity index is 1.12. The fraction of sp³-hybridized carbons (Fsp3) is 0.433. The predicted molar refractivity (Wildman–Crippen MR) is 145 cm³/mol. The summed E-state index contributed by atoms with van der Waals surface area (Å²) >= 11 is 0. The third-order valence-electron chi connectivity index (χ3n) is 8.65. The fourth-order valence-electron chi connectivity index (χ4n) is 6.69. The molecular weight excluding hydrogens is 553 g/mol. The predicted octanol–water partition coefficient (Wildman–Crippen LogP) is 6.42. The van der Waals surface area contributed by atoms with Gasteiger partial charge in [0.2, 0.25) is 0 Å². The number of aromatic carboxylic acids is 1. The van der Waals surface area contributed by atoms with Gasteiger partial charge in [0.15, 0.2) is 0 Å². The van der Waals surface area contributed by atoms with Crippen LogP contribution in [0.3, 0.4) is 0 Å². The van der Waals surface area contributed by atoms with Crippen LogP contribution in [0.25, 0.3) is 22.2 Å². The number of carboxylic acid groups (broad SMARTS) is 1. The fourth-order valence-corrected chi connectivity index (χ4v) is 6.69. The zero-order chi connectivity index (χ0) is 29.2. The van der Waals surface area contributed by atoms with Gasteiger partial charge in [0.1, 0.15) is 28.6 Å². The molecule has 7 rings (SSSR count). The first kappa shape index (κ1) is 26.8. The largest absolute Gasteiger partial charge is 0.573 e. The number of halogens is 3. The van der Waals surface area contributed by atoms with Gasteiger partial charge in [-0.25, -0.2) is 9.78 Å². The molecule has 1 saturated carbocycles. The second-order valence-corrected chi connectivity index (χ2v) is 11.4. The van der Waals surface area contributed by atoms with Crippen LogP contribution in [0, 0.1) is 0 Å². The Bertz CT molecular complexity index is 1650. The summed E-state index contributed by atoms with van der Waals surface area (Å²) in [5, 5.41) is 14.7. The first-order valence-corrected chi connectivity index (χ1v) is 14.1. The normalized spacial score (nSPS) is 22.2. The molecule has 2 bridgehead atoms. The van der Waals surface area contributed by atoms with Crippen molar-refractivity contribution in [3.8, 4) is 17.0 Å². The molecule has 0 amide bonds. The number of benzene rings is 1. The Morgan fingerprint density at radius 3 is 2.55 bits per heavy atom. The minimum atomic E-state index is -4.84. The molecule has 2 saturated heterocycles. The number of nitrogens with zero attached hydrogens (tertiary/aromatic N) is 4. The van der Waals surface area contributed by atoms with Crippen LogP contribution in [-0.2, 0) is 18.4 Å². The summed E-state index contributed by atoms with van der Waals surface area (Å²) in [7, 11) is 1.83. The lowest BCUT2D eigenvalue weighted by Crippen LogP contribution is -2.46. The molecule has 4 aromatic rings. The van der Waals surface area contributed by atoms with E-state index < -0.39 is 12.3 Å². The molecule has 3 aromatic heterocycles. The summed E-state index contributed by atoms with van der Waals surface area (Å²) in [4.78, 5) is 18.7. The zero-order valence-electron chi connectivity index (χ0n) is 22.8. The number of aromatic nitrogens is 3. The lowest BCUT2D eigenvalue weighted by Gasteiger charge is -2.40. The van der Waals surface area contributed by atoms with Gasteiger partial charge in [-0.15, -0.1) is 13.2 Å². The van der Waals surface area contributed by atoms with Gasteiger partial charge in [0, 0.05) is 54.0 Å². The highest BCUT2D eigenvalue weighted by Gasteiger charge is 2.43. The van der Waals surface area contributed by atoms with Crippen LogP contribution < -0.4 is 9.64 Å². The molecule has 5 heterocycles. The van der Waals surface area contributed by atoms with E-state index >= 15 is 0 Å². The van der Waals surface area contributed by atoms with Crippen LogP contribution in [0.5, 0.6) is 5.75 Å². The number of carboxylic acids is 1. The number of para-hydroxylation sites is 1. The summed E-state index contributed by atoms with van der Waals surface area (Å²) in [6.07, 6.45) is 3.70. The minimum absolute atomic E-state index is 0.0696. The van der Waals surface area contributed by atoms with Crippen molar-refractivity contribution in [2.75, 3.05) is 4.90 Å². The van der Waals surface area contributed by atoms with E-state index in [1.807, 2.05) is 23.9 Å². The Labute approximate surface area is 238 Å². The topological polar surface area (TPSA) is 103 Å². The highest BCUT2D eigenvalue weighted by Crippen LogP contribution is 2.47. The summed E-state index contributed by atoms with van der Waals surface area (Å²) in [5.41, 5.74) is 2.01. The van der Waals surface area contributed by atoms with Gasteiger partial charge in [0.05, 0.1) is 18.2 Å². The van der Waals surface area contributed by atoms with Crippen LogP contribution in [0.4, 0.5) is 19.0 Å². The maximum Gasteiger partial charge on any atom is 0.573 e. The highest BCUT2D eigenvalue weighted by atomic mass is 19.4. The summed E-state index contributed by atoms with van der Waals surface area (Å²) in [6.45, 7) is 0.170. The number of pyridine rings is 1. The second-order valence-electron chi connectivity index (χ2n) is 11.4. The van der Waals surface area contributed by atoms with Crippen molar-refractivity contribution in [1.82, 2.24) is 14.7 Å². The molecule has 1 aromatic carbocycles. The number of anilines is 1. The van der Waals surface area contributed by atoms with Crippen LogP contribution >= 0.6 is 0 Å². The van der Waals surface area contributed by atoms with Crippen molar-refractivity contribution >= 4 is 22.7 Å². The maximum absolute atomic E-state index is 13.1. The van der Waals surface area contributed by atoms with E-state index in [1.165, 1.54) is 18.3 Å². The second kappa shape index (κ2) is 10.0. The van der Waals surface area contributed by atoms with Crippen LogP contribution in [-0.4, -0.2) is 50.3 Å². The van der Waals surface area contributed by atoms with Gasteiger partial charge in [0.25, 0.3) is 0 Å². The molecule has 9 nitrogen and oxygen atoms in total. The summed E-state index contributed by atoms with van der Waals surface area (Å²) in [6, 6.07) is 8.21. The minimum Gasteiger partial charge on any atom is -0.478 e. The van der Waals surface area contributed by atoms with E-state index in [1.54, 1.807) is 12.1 Å². The molecule has 12 heteroatoms. The summed E-state index contributed by atoms with van der Waals surface area (Å²) < 4.78 is 57.6. The number of rotatable bonds is 8. The molecule has 1 N–H and O–H groups in total. The zero-order valence-corrected chi connectivity index (χ0v) is 22.8. The lowest BCUT2D eigenvalue weighted by molar-refractivity contribution is -0.274. The SMILES string of the molecule is Cn1ccc2c(N3C4CCC3CC(OCc3c(-c5ccccc5OC(F)(F)F)noc3C3CC3)C4)ncc(C(=O)O)c21. The van der Waals surface area contributed by atoms with Crippen molar-refractivity contribution in [1.29, 1.82) is 0 Å². The number of hydrogen-bond donors (Lipinski definition) is 1. The number of ether oxygens (including phenoxy) is 2. The van der Waals surface area contributed by atoms with Crippen LogP contribution in [0.15, 0.2) is 47.2 Å². The van der Waals surface area contributed by atoms with E-state index in [-0.39, 0.29) is 47.6 Å². The third-order valence-corrected chi connectivity index (χ3v) is 8.65. The highest BCUT2D eigenvalue weighted by molar-refractivity contribution is 6.05. The maximum atomic E-state index is 13.1. The number of hydrogen-bond acceptors (Lipinski definition) is 7. The van der Waals surface area contributed by atoms with Gasteiger partial charge in [-0.05, 0) is 56.7 Å². The van der Waals surface area contributed by atoms with Crippen molar-refractivity contribution in [3.63, 3.8) is 0 Å². The molecule has 0 spiro atoms. The van der Waals surface area contributed by atoms with E-state index in [9.17, 15) is 23.1 Å². The molecule has 220 valence electrons. The Hall–Kier alpha value is -4.06. The molecule has 42 heavy (non-hydrogen) atoms. The molecular formula is C30H29F3N4O5. The number of piperidine rings is 1. The molecule has 2 unspecified atom stereocenters. The van der Waals surface area contributed by atoms with Gasteiger partial charge in [-0.3, -0.25) is 0 Å². The van der Waals surface area contributed by atoms with E-state index in [4.69, 9.17) is 9.26 Å². The average Bonchev–Trinajstić information content (AvgIpc) is 3.51. The van der Waals surface area contributed by atoms with Gasteiger partial charge < -0.3 is 28.6 Å². The smallest absolute Gasteiger partial charge is 0.478 e. The third kappa shape index (κ3) is 4.77. The number of fused-ring (bicyclic) bond motifs is 3. The Morgan fingerprint density at radius 2 is 1.86 bits per heavy atom. The quantitative estimate of drug-likeness (QED) is 0.254. The Morgan fingerprint density at radius 1 is 1.12 bits per heavy atom. The molecule has 0 radical (unpaired) electrons. The lowest BCUT2D eigenvalue weighted by atomic mass is 9.98. The first-order valence-electron chi connectivity index (χ1n) is 14.1. The van der Waals surface area contributed by atoms with Crippen molar-refractivity contribution in [2.45, 2.75) is 75.6 Å². The summed E-state index contributed by atoms with van der Waals surface area (Å²) in [5.74, 6) is 0.303. The standard InChI is InChI=1S/C30H29F3N4O5/c1-36-11-10-21-26(36)22(29(38)39)14-34-28(21)37-17-8-9-18(37)13-19(12-17)40-15-23-25(35-42-27(23)16-6-7-16)20-4-2-3-5-24(20)41-30(31,32)33/h2-5,10-11,14,16-19H,6-9,12-13,15H2,1H3,(H,38,39). The van der Waals surface area contributed by atoms with Gasteiger partial charge in [-0.2, -0.15) is 0 Å². The van der Waals surface area contributed by atoms with Crippen molar-refractivity contribution in [2.24, 2.45) is 7.05 Å². The van der Waals surface area contributed by atoms with E-state index in [0.717, 1.165) is 49.7 Å². The monoisotopic (exact) mass is 582 g/mol. The number of alkyl halides is 3. The van der Waals surface area contributed by atoms with Gasteiger partial charge in [-0.1, -0.05) is 17.3 Å². The van der Waals surface area contributed by atoms with E-state index in [2.05, 4.69) is 19.8 Å². The van der Waals surface area contributed by atoms with Crippen molar-refractivity contribution < 1.29 is 37.1 Å². The number of aryl methyl sites for hydroxylation is 1. The van der Waals surface area contributed by atoms with E-state index in [0.29, 0.717) is 22.5 Å².